The molecule has 4 N–H and O–H groups in total. The lowest BCUT2D eigenvalue weighted by atomic mass is 10.1. The van der Waals surface area contributed by atoms with Crippen LogP contribution in [0.2, 0.25) is 0 Å². The molecular weight excluding hydrogens is 244 g/mol. The number of nitrogens with one attached hydrogen (secondary N) is 2. The van der Waals surface area contributed by atoms with Gasteiger partial charge in [-0.1, -0.05) is 0 Å². The number of aryl methyl sites for hydroxylation is 1. The van der Waals surface area contributed by atoms with Gasteiger partial charge in [-0.3, -0.25) is 4.79 Å². The number of hydrazine groups is 1. The van der Waals surface area contributed by atoms with Crippen molar-refractivity contribution < 1.29 is 9.53 Å². The zero-order valence-electron chi connectivity index (χ0n) is 11.1. The maximum atomic E-state index is 12.0. The summed E-state index contributed by atoms with van der Waals surface area (Å²) in [6.07, 6.45) is 3.41. The minimum absolute atomic E-state index is 0.129. The molecule has 1 atom stereocenters. The molecule has 0 aromatic carbocycles. The lowest BCUT2D eigenvalue weighted by Crippen LogP contribution is -2.35. The third-order valence-electron chi connectivity index (χ3n) is 3.13. The Morgan fingerprint density at radius 1 is 1.53 bits per heavy atom. The van der Waals surface area contributed by atoms with Crippen molar-refractivity contribution >= 4 is 11.7 Å². The SMILES string of the molecule is Cc1cc(C(=O)NCC2CCCCO2)cc(NN)n1. The summed E-state index contributed by atoms with van der Waals surface area (Å²) in [7, 11) is 0. The van der Waals surface area contributed by atoms with Gasteiger partial charge in [0.25, 0.3) is 5.91 Å². The molecule has 1 aliphatic rings. The fourth-order valence-corrected chi connectivity index (χ4v) is 2.15. The van der Waals surface area contributed by atoms with Crippen molar-refractivity contribution in [3.05, 3.63) is 23.4 Å². The van der Waals surface area contributed by atoms with E-state index in [0.717, 1.165) is 31.6 Å². The van der Waals surface area contributed by atoms with Crippen LogP contribution in [0.15, 0.2) is 12.1 Å². The van der Waals surface area contributed by atoms with E-state index in [1.54, 1.807) is 12.1 Å². The Hall–Kier alpha value is -1.66. The average Bonchev–Trinajstić information content (AvgIpc) is 2.45. The van der Waals surface area contributed by atoms with Crippen LogP contribution in [0.1, 0.15) is 35.3 Å². The monoisotopic (exact) mass is 264 g/mol. The fourth-order valence-electron chi connectivity index (χ4n) is 2.15. The van der Waals surface area contributed by atoms with Gasteiger partial charge in [0.1, 0.15) is 5.82 Å². The second-order valence-electron chi connectivity index (χ2n) is 4.73. The minimum Gasteiger partial charge on any atom is -0.376 e. The molecule has 0 bridgehead atoms. The van der Waals surface area contributed by atoms with E-state index >= 15 is 0 Å². The Labute approximate surface area is 112 Å². The topological polar surface area (TPSA) is 89.3 Å². The number of amides is 1. The molecule has 0 spiro atoms. The number of ether oxygens (including phenoxy) is 1. The Kier molecular flexibility index (Phi) is 4.70. The van der Waals surface area contributed by atoms with Crippen molar-refractivity contribution in [3.8, 4) is 0 Å². The summed E-state index contributed by atoms with van der Waals surface area (Å²) < 4.78 is 5.57. The van der Waals surface area contributed by atoms with Gasteiger partial charge < -0.3 is 15.5 Å². The first-order valence-electron chi connectivity index (χ1n) is 6.54. The quantitative estimate of drug-likeness (QED) is 0.557. The normalized spacial score (nSPS) is 18.9. The van der Waals surface area contributed by atoms with Gasteiger partial charge in [-0.05, 0) is 38.3 Å². The largest absolute Gasteiger partial charge is 0.376 e. The maximum absolute atomic E-state index is 12.0. The van der Waals surface area contributed by atoms with Crippen molar-refractivity contribution in [3.63, 3.8) is 0 Å². The zero-order chi connectivity index (χ0) is 13.7. The van der Waals surface area contributed by atoms with Crippen LogP contribution in [-0.2, 0) is 4.74 Å². The summed E-state index contributed by atoms with van der Waals surface area (Å²) in [5.41, 5.74) is 3.75. The highest BCUT2D eigenvalue weighted by Gasteiger charge is 2.15. The lowest BCUT2D eigenvalue weighted by Gasteiger charge is -2.22. The van der Waals surface area contributed by atoms with Crippen molar-refractivity contribution in [2.45, 2.75) is 32.3 Å². The van der Waals surface area contributed by atoms with Crippen molar-refractivity contribution in [1.29, 1.82) is 0 Å². The van der Waals surface area contributed by atoms with E-state index in [-0.39, 0.29) is 12.0 Å². The van der Waals surface area contributed by atoms with Crippen LogP contribution in [0.3, 0.4) is 0 Å². The Morgan fingerprint density at radius 3 is 3.05 bits per heavy atom. The molecule has 1 aromatic rings. The first-order chi connectivity index (χ1) is 9.19. The number of carbonyl (C=O) groups excluding carboxylic acids is 1. The van der Waals surface area contributed by atoms with Gasteiger partial charge >= 0.3 is 0 Å². The van der Waals surface area contributed by atoms with Gasteiger partial charge in [-0.25, -0.2) is 10.8 Å². The lowest BCUT2D eigenvalue weighted by molar-refractivity contribution is 0.0169. The number of nitrogen functional groups attached to an aromatic ring is 1. The van der Waals surface area contributed by atoms with Crippen LogP contribution >= 0.6 is 0 Å². The number of hydrogen-bond donors (Lipinski definition) is 3. The fraction of sp³-hybridized carbons (Fsp3) is 0.538. The van der Waals surface area contributed by atoms with Gasteiger partial charge in [0.05, 0.1) is 6.10 Å². The molecular formula is C13H20N4O2. The summed E-state index contributed by atoms with van der Waals surface area (Å²) >= 11 is 0. The van der Waals surface area contributed by atoms with E-state index in [4.69, 9.17) is 10.6 Å². The van der Waals surface area contributed by atoms with Crippen LogP contribution in [0.4, 0.5) is 5.82 Å². The van der Waals surface area contributed by atoms with Gasteiger partial charge in [0.2, 0.25) is 0 Å². The van der Waals surface area contributed by atoms with E-state index in [0.29, 0.717) is 17.9 Å². The summed E-state index contributed by atoms with van der Waals surface area (Å²) in [6.45, 7) is 3.16. The zero-order valence-corrected chi connectivity index (χ0v) is 11.1. The molecule has 19 heavy (non-hydrogen) atoms. The van der Waals surface area contributed by atoms with Gasteiger partial charge in [-0.15, -0.1) is 0 Å². The highest BCUT2D eigenvalue weighted by Crippen LogP contribution is 2.12. The van der Waals surface area contributed by atoms with E-state index in [1.807, 2.05) is 6.92 Å². The number of nitrogens with two attached hydrogens (primary N) is 1. The number of carbonyl (C=O) groups is 1. The molecule has 1 amide bonds. The Morgan fingerprint density at radius 2 is 2.37 bits per heavy atom. The van der Waals surface area contributed by atoms with Crippen LogP contribution < -0.4 is 16.6 Å². The van der Waals surface area contributed by atoms with Crippen molar-refractivity contribution in [2.75, 3.05) is 18.6 Å². The number of rotatable bonds is 4. The number of anilines is 1. The Balaban J connectivity index is 1.93. The summed E-state index contributed by atoms with van der Waals surface area (Å²) in [5, 5.41) is 2.89. The maximum Gasteiger partial charge on any atom is 0.251 e. The van der Waals surface area contributed by atoms with Gasteiger partial charge in [0, 0.05) is 24.4 Å². The van der Waals surface area contributed by atoms with E-state index in [9.17, 15) is 4.79 Å². The van der Waals surface area contributed by atoms with Crippen LogP contribution in [0.25, 0.3) is 0 Å². The van der Waals surface area contributed by atoms with E-state index in [1.165, 1.54) is 0 Å². The van der Waals surface area contributed by atoms with E-state index < -0.39 is 0 Å². The number of aromatic nitrogens is 1. The molecule has 0 saturated carbocycles. The van der Waals surface area contributed by atoms with Crippen LogP contribution in [-0.4, -0.2) is 30.1 Å². The van der Waals surface area contributed by atoms with Crippen molar-refractivity contribution in [1.82, 2.24) is 10.3 Å². The first-order valence-corrected chi connectivity index (χ1v) is 6.54. The highest BCUT2D eigenvalue weighted by atomic mass is 16.5. The standard InChI is InChI=1S/C13H20N4O2/c1-9-6-10(7-12(16-9)17-14)13(18)15-8-11-4-2-3-5-19-11/h6-7,11H,2-5,8,14H2,1H3,(H,15,18)(H,16,17). The summed E-state index contributed by atoms with van der Waals surface area (Å²) in [5.74, 6) is 5.67. The second-order valence-corrected chi connectivity index (χ2v) is 4.73. The number of nitrogens with zero attached hydrogens (tertiary/aromatic N) is 1. The molecule has 104 valence electrons. The minimum atomic E-state index is -0.129. The van der Waals surface area contributed by atoms with Crippen molar-refractivity contribution in [2.24, 2.45) is 5.84 Å². The van der Waals surface area contributed by atoms with E-state index in [2.05, 4.69) is 15.7 Å². The Bertz CT molecular complexity index is 444. The molecule has 1 unspecified atom stereocenters. The van der Waals surface area contributed by atoms with Gasteiger partial charge in [-0.2, -0.15) is 0 Å². The first kappa shape index (κ1) is 13.8. The van der Waals surface area contributed by atoms with Crippen LogP contribution in [0.5, 0.6) is 0 Å². The predicted octanol–water partition coefficient (Wildman–Crippen LogP) is 0.975. The molecule has 1 aliphatic heterocycles. The second kappa shape index (κ2) is 6.49. The predicted molar refractivity (Wildman–Crippen MR) is 72.7 cm³/mol. The van der Waals surface area contributed by atoms with Gasteiger partial charge in [0.15, 0.2) is 0 Å². The molecule has 1 fully saturated rings. The summed E-state index contributed by atoms with van der Waals surface area (Å²) in [6, 6.07) is 3.36. The third kappa shape index (κ3) is 3.90. The molecule has 0 radical (unpaired) electrons. The molecule has 2 rings (SSSR count). The average molecular weight is 264 g/mol. The molecule has 1 aromatic heterocycles. The molecule has 6 nitrogen and oxygen atoms in total. The number of pyridine rings is 1. The molecule has 6 heteroatoms. The molecule has 2 heterocycles. The third-order valence-corrected chi connectivity index (χ3v) is 3.13. The number of hydrogen-bond acceptors (Lipinski definition) is 5. The van der Waals surface area contributed by atoms with Crippen LogP contribution in [0, 0.1) is 6.92 Å². The smallest absolute Gasteiger partial charge is 0.251 e. The molecule has 1 saturated heterocycles. The summed E-state index contributed by atoms with van der Waals surface area (Å²) in [4.78, 5) is 16.2. The molecule has 0 aliphatic carbocycles. The highest BCUT2D eigenvalue weighted by molar-refractivity contribution is 5.95.